The number of nitrogens with zero attached hydrogens (tertiary/aromatic N) is 4. The van der Waals surface area contributed by atoms with Crippen LogP contribution in [0, 0.1) is 29.9 Å². The number of hydrogen-bond donors (Lipinski definition) is 5. The van der Waals surface area contributed by atoms with Crippen LogP contribution in [0.3, 0.4) is 0 Å². The SMILES string of the molecule is N#CNC1=NC(c2cc(I)cc(I)c2O)c2c(nc(N)c(C#N)c2N)N1. The van der Waals surface area contributed by atoms with Crippen LogP contribution in [0.15, 0.2) is 17.1 Å². The van der Waals surface area contributed by atoms with E-state index in [1.165, 1.54) is 0 Å². The number of hydrogen-bond acceptors (Lipinski definition) is 9. The highest BCUT2D eigenvalue weighted by atomic mass is 127. The molecule has 0 fully saturated rings. The Bertz CT molecular complexity index is 1040. The zero-order valence-corrected chi connectivity index (χ0v) is 17.2. The average Bonchev–Trinajstić information content (AvgIpc) is 2.58. The van der Waals surface area contributed by atoms with Gasteiger partial charge in [-0.05, 0) is 57.3 Å². The van der Waals surface area contributed by atoms with Crippen LogP contribution in [0.5, 0.6) is 5.75 Å². The molecule has 0 spiro atoms. The molecule has 7 N–H and O–H groups in total. The van der Waals surface area contributed by atoms with Gasteiger partial charge in [0.15, 0.2) is 6.19 Å². The molecule has 2 aromatic rings. The van der Waals surface area contributed by atoms with E-state index in [0.717, 1.165) is 3.57 Å². The summed E-state index contributed by atoms with van der Waals surface area (Å²) in [4.78, 5) is 8.60. The second-order valence-corrected chi connectivity index (χ2v) is 7.64. The van der Waals surface area contributed by atoms with E-state index in [4.69, 9.17) is 16.7 Å². The first-order chi connectivity index (χ1) is 12.4. The lowest BCUT2D eigenvalue weighted by molar-refractivity contribution is 0.461. The summed E-state index contributed by atoms with van der Waals surface area (Å²) < 4.78 is 1.52. The molecule has 3 rings (SSSR count). The lowest BCUT2D eigenvalue weighted by atomic mass is 9.94. The van der Waals surface area contributed by atoms with E-state index < -0.39 is 6.04 Å². The molecule has 1 atom stereocenters. The summed E-state index contributed by atoms with van der Waals surface area (Å²) in [5.74, 6) is 0.410. The van der Waals surface area contributed by atoms with E-state index in [9.17, 15) is 10.4 Å². The van der Waals surface area contributed by atoms with Gasteiger partial charge in [-0.2, -0.15) is 10.5 Å². The fraction of sp³-hybridized carbons (Fsp3) is 0.0667. The number of benzene rings is 1. The quantitative estimate of drug-likeness (QED) is 0.196. The molecule has 26 heavy (non-hydrogen) atoms. The lowest BCUT2D eigenvalue weighted by Gasteiger charge is -2.26. The molecule has 0 bridgehead atoms. The Labute approximate surface area is 175 Å². The van der Waals surface area contributed by atoms with Crippen LogP contribution < -0.4 is 22.1 Å². The average molecular weight is 572 g/mol. The van der Waals surface area contributed by atoms with Crippen molar-refractivity contribution in [2.75, 3.05) is 16.8 Å². The van der Waals surface area contributed by atoms with E-state index in [1.54, 1.807) is 12.3 Å². The smallest absolute Gasteiger partial charge is 0.211 e. The predicted molar refractivity (Wildman–Crippen MR) is 113 cm³/mol. The maximum absolute atomic E-state index is 10.6. The third-order valence-electron chi connectivity index (χ3n) is 3.71. The normalized spacial score (nSPS) is 15.1. The van der Waals surface area contributed by atoms with E-state index in [1.807, 2.05) is 34.7 Å². The number of pyridine rings is 1. The molecule has 0 radical (unpaired) electrons. The number of nitrogens with one attached hydrogen (secondary N) is 2. The first-order valence-electron chi connectivity index (χ1n) is 7.04. The first-order valence-corrected chi connectivity index (χ1v) is 9.19. The minimum atomic E-state index is -0.773. The molecule has 1 unspecified atom stereocenters. The summed E-state index contributed by atoms with van der Waals surface area (Å²) >= 11 is 4.14. The number of nitriles is 2. The number of halogens is 2. The van der Waals surface area contributed by atoms with Gasteiger partial charge in [-0.15, -0.1) is 0 Å². The number of anilines is 3. The summed E-state index contributed by atoms with van der Waals surface area (Å²) in [5, 5.41) is 34.0. The zero-order valence-electron chi connectivity index (χ0n) is 12.9. The summed E-state index contributed by atoms with van der Waals surface area (Å²) in [6.45, 7) is 0. The van der Waals surface area contributed by atoms with E-state index in [-0.39, 0.29) is 34.6 Å². The fourth-order valence-corrected chi connectivity index (χ4v) is 4.49. The highest BCUT2D eigenvalue weighted by Crippen LogP contribution is 2.44. The van der Waals surface area contributed by atoms with Crippen molar-refractivity contribution in [2.45, 2.75) is 6.04 Å². The molecule has 1 aliphatic heterocycles. The van der Waals surface area contributed by atoms with Gasteiger partial charge in [-0.25, -0.2) is 9.98 Å². The van der Waals surface area contributed by atoms with Crippen molar-refractivity contribution in [1.82, 2.24) is 10.3 Å². The number of rotatable bonds is 1. The molecule has 9 nitrogen and oxygen atoms in total. The summed E-state index contributed by atoms with van der Waals surface area (Å²) in [6.07, 6.45) is 1.78. The van der Waals surface area contributed by atoms with Gasteiger partial charge in [0, 0.05) is 14.7 Å². The van der Waals surface area contributed by atoms with Crippen LogP contribution in [0.2, 0.25) is 0 Å². The topological polar surface area (TPSA) is 169 Å². The Morgan fingerprint density at radius 1 is 1.27 bits per heavy atom. The van der Waals surface area contributed by atoms with Gasteiger partial charge in [0.05, 0.1) is 9.26 Å². The predicted octanol–water partition coefficient (Wildman–Crippen LogP) is 1.97. The van der Waals surface area contributed by atoms with Crippen molar-refractivity contribution in [3.63, 3.8) is 0 Å². The molecule has 11 heteroatoms. The van der Waals surface area contributed by atoms with Crippen LogP contribution in [0.25, 0.3) is 0 Å². The van der Waals surface area contributed by atoms with Crippen molar-refractivity contribution in [3.8, 4) is 18.0 Å². The Hall–Kier alpha value is -2.52. The first kappa shape index (κ1) is 18.3. The van der Waals surface area contributed by atoms with Gasteiger partial charge in [0.1, 0.15) is 35.1 Å². The second kappa shape index (κ2) is 7.00. The number of phenols is 1. The number of aliphatic imine (C=N–C) groups is 1. The van der Waals surface area contributed by atoms with Crippen molar-refractivity contribution in [2.24, 2.45) is 4.99 Å². The maximum Gasteiger partial charge on any atom is 0.211 e. The van der Waals surface area contributed by atoms with Gasteiger partial charge in [0.25, 0.3) is 0 Å². The third-order valence-corrected chi connectivity index (χ3v) is 5.15. The number of aromatic hydroxyl groups is 1. The maximum atomic E-state index is 10.6. The van der Waals surface area contributed by atoms with Crippen LogP contribution in [0.1, 0.15) is 22.7 Å². The van der Waals surface area contributed by atoms with E-state index in [0.29, 0.717) is 14.7 Å². The number of phenolic OH excluding ortho intramolecular Hbond substituents is 1. The highest BCUT2D eigenvalue weighted by molar-refractivity contribution is 14.1. The number of fused-ring (bicyclic) bond motifs is 1. The molecule has 0 saturated carbocycles. The minimum absolute atomic E-state index is 0.0327. The monoisotopic (exact) mass is 572 g/mol. The van der Waals surface area contributed by atoms with Crippen molar-refractivity contribution >= 4 is 68.5 Å². The molecular formula is C15H10I2N8O. The zero-order chi connectivity index (χ0) is 19.0. The Kier molecular flexibility index (Phi) is 4.92. The van der Waals surface area contributed by atoms with Gasteiger partial charge in [-0.3, -0.25) is 5.32 Å². The second-order valence-electron chi connectivity index (χ2n) is 5.23. The molecule has 1 aliphatic rings. The molecule has 1 aromatic carbocycles. The fourth-order valence-electron chi connectivity index (χ4n) is 2.60. The largest absolute Gasteiger partial charge is 0.506 e. The highest BCUT2D eigenvalue weighted by Gasteiger charge is 2.31. The number of nitrogen functional groups attached to an aromatic ring is 2. The minimum Gasteiger partial charge on any atom is -0.506 e. The van der Waals surface area contributed by atoms with Crippen LogP contribution in [-0.4, -0.2) is 16.1 Å². The molecule has 1 aromatic heterocycles. The Morgan fingerprint density at radius 3 is 2.65 bits per heavy atom. The molecule has 2 heterocycles. The molecule has 0 saturated heterocycles. The van der Waals surface area contributed by atoms with Crippen molar-refractivity contribution in [3.05, 3.63) is 36.0 Å². The molecule has 0 aliphatic carbocycles. The third kappa shape index (κ3) is 3.04. The lowest BCUT2D eigenvalue weighted by Crippen LogP contribution is -2.32. The van der Waals surface area contributed by atoms with E-state index in [2.05, 4.69) is 43.2 Å². The molecule has 0 amide bonds. The number of aromatic nitrogens is 1. The van der Waals surface area contributed by atoms with Crippen LogP contribution in [-0.2, 0) is 0 Å². The summed E-state index contributed by atoms with van der Waals surface area (Å²) in [7, 11) is 0. The number of guanidine groups is 1. The van der Waals surface area contributed by atoms with Crippen molar-refractivity contribution < 1.29 is 5.11 Å². The van der Waals surface area contributed by atoms with Crippen LogP contribution >= 0.6 is 45.2 Å². The Morgan fingerprint density at radius 2 is 2.00 bits per heavy atom. The van der Waals surface area contributed by atoms with Gasteiger partial charge < -0.3 is 21.9 Å². The summed E-state index contributed by atoms with van der Waals surface area (Å²) in [6, 6.07) is 4.73. The number of nitrogens with two attached hydrogens (primary N) is 2. The van der Waals surface area contributed by atoms with Crippen molar-refractivity contribution in [1.29, 1.82) is 10.5 Å². The summed E-state index contributed by atoms with van der Waals surface area (Å²) in [5.41, 5.74) is 13.0. The standard InChI is InChI=1S/C15H10I2N8O/c16-5-1-6(12(26)8(17)2-5)11-9-10(20)7(3-18)13(21)24-14(9)25-15(23-11)22-4-19/h1-2,11,26H,(H6,20,21,22,23,24,25). The molecular weight excluding hydrogens is 562 g/mol. The van der Waals surface area contributed by atoms with E-state index >= 15 is 0 Å². The Balaban J connectivity index is 2.32. The van der Waals surface area contributed by atoms with Crippen LogP contribution in [0.4, 0.5) is 17.3 Å². The van der Waals surface area contributed by atoms with Gasteiger partial charge in [0.2, 0.25) is 5.96 Å². The van der Waals surface area contributed by atoms with Gasteiger partial charge >= 0.3 is 0 Å². The molecule has 130 valence electrons. The van der Waals surface area contributed by atoms with Gasteiger partial charge in [-0.1, -0.05) is 0 Å².